The summed E-state index contributed by atoms with van der Waals surface area (Å²) in [5.41, 5.74) is 3.11. The van der Waals surface area contributed by atoms with Crippen LogP contribution in [0.5, 0.6) is 0 Å². The van der Waals surface area contributed by atoms with Crippen molar-refractivity contribution >= 4 is 22.9 Å². The smallest absolute Gasteiger partial charge is 0.198 e. The molecule has 5 rings (SSSR count). The van der Waals surface area contributed by atoms with Crippen LogP contribution in [0.2, 0.25) is 5.02 Å². The average Bonchev–Trinajstić information content (AvgIpc) is 3.46. The minimum absolute atomic E-state index is 0.625. The van der Waals surface area contributed by atoms with Gasteiger partial charge in [0.15, 0.2) is 11.5 Å². The fourth-order valence-electron chi connectivity index (χ4n) is 4.15. The zero-order valence-corrected chi connectivity index (χ0v) is 16.1. The average molecular weight is 382 g/mol. The summed E-state index contributed by atoms with van der Waals surface area (Å²) in [6, 6.07) is 10.8. The van der Waals surface area contributed by atoms with E-state index in [0.29, 0.717) is 16.6 Å². The van der Waals surface area contributed by atoms with Crippen LogP contribution in [0.25, 0.3) is 5.65 Å². The molecule has 2 aromatic heterocycles. The van der Waals surface area contributed by atoms with Gasteiger partial charge in [-0.25, -0.2) is 0 Å². The second-order valence-corrected chi connectivity index (χ2v) is 8.23. The Kier molecular flexibility index (Phi) is 4.48. The first kappa shape index (κ1) is 17.0. The van der Waals surface area contributed by atoms with Gasteiger partial charge in [0.2, 0.25) is 0 Å². The Balaban J connectivity index is 1.32. The number of aryl methyl sites for hydroxylation is 1. The molecule has 1 saturated carbocycles. The molecule has 1 aliphatic carbocycles. The number of hydrogen-bond acceptors (Lipinski definition) is 4. The molecule has 6 heteroatoms. The van der Waals surface area contributed by atoms with E-state index in [0.717, 1.165) is 49.8 Å². The van der Waals surface area contributed by atoms with Crippen molar-refractivity contribution in [3.8, 4) is 0 Å². The molecule has 5 nitrogen and oxygen atoms in total. The number of rotatable bonds is 5. The van der Waals surface area contributed by atoms with Crippen LogP contribution in [0.3, 0.4) is 0 Å². The maximum absolute atomic E-state index is 6.71. The Morgan fingerprint density at radius 2 is 1.78 bits per heavy atom. The number of anilines is 1. The number of benzene rings is 1. The van der Waals surface area contributed by atoms with Gasteiger partial charge in [0.25, 0.3) is 0 Å². The summed E-state index contributed by atoms with van der Waals surface area (Å²) in [5.74, 6) is 2.42. The molecule has 0 bridgehead atoms. The third-order valence-corrected chi connectivity index (χ3v) is 6.36. The van der Waals surface area contributed by atoms with Crippen LogP contribution >= 0.6 is 11.6 Å². The minimum Gasteiger partial charge on any atom is -0.369 e. The SMILES string of the molecule is Clc1c(N2CCC(c3ccccc3)CC2)cnn2c(CCC3CC3)nnc12. The number of hydrogen-bond donors (Lipinski definition) is 0. The monoisotopic (exact) mass is 381 g/mol. The molecular formula is C21H24ClN5. The highest BCUT2D eigenvalue weighted by Crippen LogP contribution is 2.35. The third-order valence-electron chi connectivity index (χ3n) is 6.00. The van der Waals surface area contributed by atoms with Gasteiger partial charge in [-0.3, -0.25) is 0 Å². The molecule has 1 aliphatic heterocycles. The van der Waals surface area contributed by atoms with Gasteiger partial charge in [-0.05, 0) is 36.7 Å². The molecule has 140 valence electrons. The van der Waals surface area contributed by atoms with Crippen LogP contribution < -0.4 is 4.90 Å². The molecule has 2 aliphatic rings. The lowest BCUT2D eigenvalue weighted by atomic mass is 9.89. The topological polar surface area (TPSA) is 46.3 Å². The van der Waals surface area contributed by atoms with Crippen molar-refractivity contribution in [3.05, 3.63) is 52.9 Å². The summed E-state index contributed by atoms with van der Waals surface area (Å²) in [4.78, 5) is 2.34. The fourth-order valence-corrected chi connectivity index (χ4v) is 4.44. The second-order valence-electron chi connectivity index (χ2n) is 7.85. The summed E-state index contributed by atoms with van der Waals surface area (Å²) in [5, 5.41) is 14.0. The minimum atomic E-state index is 0.625. The molecular weight excluding hydrogens is 358 g/mol. The first-order valence-electron chi connectivity index (χ1n) is 9.98. The molecule has 1 saturated heterocycles. The molecule has 3 aromatic rings. The fraction of sp³-hybridized carbons (Fsp3) is 0.476. The van der Waals surface area contributed by atoms with E-state index in [-0.39, 0.29) is 0 Å². The molecule has 0 N–H and O–H groups in total. The van der Waals surface area contributed by atoms with Crippen LogP contribution in [0.1, 0.15) is 49.4 Å². The zero-order valence-electron chi connectivity index (χ0n) is 15.4. The van der Waals surface area contributed by atoms with E-state index >= 15 is 0 Å². The van der Waals surface area contributed by atoms with Gasteiger partial charge in [0.05, 0.1) is 11.9 Å². The molecule has 1 aromatic carbocycles. The van der Waals surface area contributed by atoms with Crippen LogP contribution in [-0.4, -0.2) is 32.9 Å². The van der Waals surface area contributed by atoms with Crippen molar-refractivity contribution in [3.63, 3.8) is 0 Å². The normalized spacial score (nSPS) is 18.3. The lowest BCUT2D eigenvalue weighted by molar-refractivity contribution is 0.505. The molecule has 0 amide bonds. The maximum Gasteiger partial charge on any atom is 0.198 e. The number of fused-ring (bicyclic) bond motifs is 1. The highest BCUT2D eigenvalue weighted by molar-refractivity contribution is 6.36. The van der Waals surface area contributed by atoms with Crippen molar-refractivity contribution in [2.45, 2.75) is 44.4 Å². The van der Waals surface area contributed by atoms with Crippen LogP contribution in [0.15, 0.2) is 36.5 Å². The van der Waals surface area contributed by atoms with Crippen molar-refractivity contribution in [2.24, 2.45) is 5.92 Å². The third kappa shape index (κ3) is 3.41. The van der Waals surface area contributed by atoms with Gasteiger partial charge in [0.1, 0.15) is 5.02 Å². The zero-order chi connectivity index (χ0) is 18.2. The Morgan fingerprint density at radius 3 is 2.52 bits per heavy atom. The second kappa shape index (κ2) is 7.12. The first-order chi connectivity index (χ1) is 13.3. The van der Waals surface area contributed by atoms with E-state index in [1.165, 1.54) is 24.8 Å². The predicted octanol–water partition coefficient (Wildman–Crippen LogP) is 4.50. The molecule has 2 fully saturated rings. The standard InChI is InChI=1S/C21H24ClN5/c22-20-18(26-12-10-17(11-13-26)16-4-2-1-3-5-16)14-23-27-19(24-25-21(20)27)9-8-15-6-7-15/h1-5,14-15,17H,6-13H2. The van der Waals surface area contributed by atoms with Crippen molar-refractivity contribution in [1.82, 2.24) is 19.8 Å². The quantitative estimate of drug-likeness (QED) is 0.652. The summed E-state index contributed by atoms with van der Waals surface area (Å²) >= 11 is 6.71. The highest BCUT2D eigenvalue weighted by Gasteiger charge is 2.25. The molecule has 3 heterocycles. The number of piperidine rings is 1. The van der Waals surface area contributed by atoms with Gasteiger partial charge in [-0.1, -0.05) is 54.8 Å². The van der Waals surface area contributed by atoms with Crippen LogP contribution in [0.4, 0.5) is 5.69 Å². The largest absolute Gasteiger partial charge is 0.369 e. The van der Waals surface area contributed by atoms with Crippen molar-refractivity contribution in [1.29, 1.82) is 0 Å². The van der Waals surface area contributed by atoms with Gasteiger partial charge in [-0.15, -0.1) is 10.2 Å². The number of halogens is 1. The van der Waals surface area contributed by atoms with E-state index in [1.54, 1.807) is 0 Å². The van der Waals surface area contributed by atoms with Crippen LogP contribution in [-0.2, 0) is 6.42 Å². The van der Waals surface area contributed by atoms with Gasteiger partial charge >= 0.3 is 0 Å². The molecule has 0 unspecified atom stereocenters. The number of nitrogens with zero attached hydrogens (tertiary/aromatic N) is 5. The molecule has 0 radical (unpaired) electrons. The van der Waals surface area contributed by atoms with Crippen LogP contribution in [0, 0.1) is 5.92 Å². The Morgan fingerprint density at radius 1 is 1.00 bits per heavy atom. The highest BCUT2D eigenvalue weighted by atomic mass is 35.5. The summed E-state index contributed by atoms with van der Waals surface area (Å²) < 4.78 is 1.82. The Hall–Kier alpha value is -2.14. The lowest BCUT2D eigenvalue weighted by Gasteiger charge is -2.34. The molecule has 0 spiro atoms. The van der Waals surface area contributed by atoms with E-state index in [4.69, 9.17) is 11.6 Å². The number of aromatic nitrogens is 4. The van der Waals surface area contributed by atoms with E-state index < -0.39 is 0 Å². The summed E-state index contributed by atoms with van der Waals surface area (Å²) in [7, 11) is 0. The molecule has 27 heavy (non-hydrogen) atoms. The van der Waals surface area contributed by atoms with Gasteiger partial charge < -0.3 is 4.90 Å². The predicted molar refractivity (Wildman–Crippen MR) is 107 cm³/mol. The molecule has 0 atom stereocenters. The lowest BCUT2D eigenvalue weighted by Crippen LogP contribution is -2.33. The Bertz CT molecular complexity index is 926. The Labute approximate surface area is 164 Å². The van der Waals surface area contributed by atoms with Crippen molar-refractivity contribution < 1.29 is 0 Å². The van der Waals surface area contributed by atoms with Gasteiger partial charge in [-0.2, -0.15) is 9.61 Å². The summed E-state index contributed by atoms with van der Waals surface area (Å²) in [6.45, 7) is 1.97. The van der Waals surface area contributed by atoms with Gasteiger partial charge in [0, 0.05) is 19.5 Å². The van der Waals surface area contributed by atoms with E-state index in [1.807, 2.05) is 10.7 Å². The summed E-state index contributed by atoms with van der Waals surface area (Å²) in [6.07, 6.45) is 8.96. The van der Waals surface area contributed by atoms with E-state index in [9.17, 15) is 0 Å². The van der Waals surface area contributed by atoms with Crippen molar-refractivity contribution in [2.75, 3.05) is 18.0 Å². The van der Waals surface area contributed by atoms with E-state index in [2.05, 4.69) is 50.5 Å². The maximum atomic E-state index is 6.71. The first-order valence-corrected chi connectivity index (χ1v) is 10.4.